The van der Waals surface area contributed by atoms with Gasteiger partial charge in [-0.3, -0.25) is 9.59 Å². The Kier molecular flexibility index (Phi) is 3.08. The van der Waals surface area contributed by atoms with Crippen LogP contribution in [0.25, 0.3) is 11.0 Å². The molecule has 0 amide bonds. The molecule has 0 saturated carbocycles. The summed E-state index contributed by atoms with van der Waals surface area (Å²) in [6.07, 6.45) is 2.44. The van der Waals surface area contributed by atoms with Gasteiger partial charge in [-0.15, -0.1) is 0 Å². The Morgan fingerprint density at radius 3 is 2.74 bits per heavy atom. The van der Waals surface area contributed by atoms with Crippen LogP contribution < -0.4 is 16.4 Å². The SMILES string of the molecule is O=c1[nH]c2ccc(NCC3CCCO3)cc2[nH]c1=O. The monoisotopic (exact) mass is 261 g/mol. The van der Waals surface area contributed by atoms with Crippen molar-refractivity contribution in [1.82, 2.24) is 9.97 Å². The zero-order chi connectivity index (χ0) is 13.2. The topological polar surface area (TPSA) is 87.0 Å². The van der Waals surface area contributed by atoms with Crippen molar-refractivity contribution in [2.24, 2.45) is 0 Å². The number of hydrogen-bond donors (Lipinski definition) is 3. The number of benzene rings is 1. The molecule has 1 aliphatic heterocycles. The number of nitrogens with one attached hydrogen (secondary N) is 3. The van der Waals surface area contributed by atoms with E-state index in [-0.39, 0.29) is 6.10 Å². The summed E-state index contributed by atoms with van der Waals surface area (Å²) in [6.45, 7) is 1.58. The lowest BCUT2D eigenvalue weighted by Gasteiger charge is -2.12. The third-order valence-electron chi connectivity index (χ3n) is 3.28. The molecule has 1 fully saturated rings. The first-order valence-electron chi connectivity index (χ1n) is 6.34. The molecule has 6 heteroatoms. The fourth-order valence-corrected chi connectivity index (χ4v) is 2.26. The van der Waals surface area contributed by atoms with Crippen molar-refractivity contribution in [1.29, 1.82) is 0 Å². The Morgan fingerprint density at radius 1 is 1.21 bits per heavy atom. The van der Waals surface area contributed by atoms with E-state index < -0.39 is 11.1 Å². The zero-order valence-electron chi connectivity index (χ0n) is 10.4. The fourth-order valence-electron chi connectivity index (χ4n) is 2.26. The van der Waals surface area contributed by atoms with E-state index in [1.54, 1.807) is 6.07 Å². The highest BCUT2D eigenvalue weighted by Crippen LogP contribution is 2.16. The van der Waals surface area contributed by atoms with Gasteiger partial charge in [-0.1, -0.05) is 0 Å². The molecular weight excluding hydrogens is 246 g/mol. The molecule has 3 N–H and O–H groups in total. The van der Waals surface area contributed by atoms with Gasteiger partial charge in [0.2, 0.25) is 0 Å². The van der Waals surface area contributed by atoms with Crippen molar-refractivity contribution in [2.75, 3.05) is 18.5 Å². The van der Waals surface area contributed by atoms with Crippen molar-refractivity contribution in [3.8, 4) is 0 Å². The lowest BCUT2D eigenvalue weighted by Crippen LogP contribution is -2.28. The number of anilines is 1. The number of aromatic amines is 2. The first-order valence-corrected chi connectivity index (χ1v) is 6.34. The second-order valence-electron chi connectivity index (χ2n) is 4.68. The van der Waals surface area contributed by atoms with Crippen LogP contribution in [0.4, 0.5) is 5.69 Å². The molecule has 1 atom stereocenters. The number of aromatic nitrogens is 2. The van der Waals surface area contributed by atoms with Crippen LogP contribution in [0.2, 0.25) is 0 Å². The Morgan fingerprint density at radius 2 is 2.00 bits per heavy atom. The largest absolute Gasteiger partial charge is 0.382 e. The molecule has 6 nitrogen and oxygen atoms in total. The average molecular weight is 261 g/mol. The number of hydrogen-bond acceptors (Lipinski definition) is 4. The smallest absolute Gasteiger partial charge is 0.314 e. The molecule has 0 radical (unpaired) electrons. The summed E-state index contributed by atoms with van der Waals surface area (Å²) < 4.78 is 5.53. The number of fused-ring (bicyclic) bond motifs is 1. The highest BCUT2D eigenvalue weighted by atomic mass is 16.5. The maximum absolute atomic E-state index is 11.3. The number of ether oxygens (including phenoxy) is 1. The summed E-state index contributed by atoms with van der Waals surface area (Å²) in [5, 5.41) is 3.27. The Bertz CT molecular complexity index is 698. The van der Waals surface area contributed by atoms with E-state index in [0.29, 0.717) is 11.0 Å². The molecule has 0 aliphatic carbocycles. The lowest BCUT2D eigenvalue weighted by atomic mass is 10.2. The fraction of sp³-hybridized carbons (Fsp3) is 0.385. The molecule has 0 spiro atoms. The Balaban J connectivity index is 1.82. The molecule has 1 aromatic heterocycles. The predicted molar refractivity (Wildman–Crippen MR) is 72.7 cm³/mol. The maximum Gasteiger partial charge on any atom is 0.314 e. The summed E-state index contributed by atoms with van der Waals surface area (Å²) in [7, 11) is 0. The van der Waals surface area contributed by atoms with Crippen LogP contribution in [0.15, 0.2) is 27.8 Å². The first-order chi connectivity index (χ1) is 9.22. The predicted octanol–water partition coefficient (Wildman–Crippen LogP) is 0.807. The molecule has 3 rings (SSSR count). The second-order valence-corrected chi connectivity index (χ2v) is 4.68. The van der Waals surface area contributed by atoms with E-state index in [1.165, 1.54) is 0 Å². The van der Waals surface area contributed by atoms with Crippen molar-refractivity contribution < 1.29 is 4.74 Å². The van der Waals surface area contributed by atoms with Gasteiger partial charge in [0.25, 0.3) is 0 Å². The van der Waals surface area contributed by atoms with Crippen molar-refractivity contribution >= 4 is 16.7 Å². The first kappa shape index (κ1) is 12.0. The molecule has 2 heterocycles. The number of H-pyrrole nitrogens is 2. The molecule has 100 valence electrons. The summed E-state index contributed by atoms with van der Waals surface area (Å²) in [4.78, 5) is 27.5. The van der Waals surface area contributed by atoms with Crippen LogP contribution >= 0.6 is 0 Å². The summed E-state index contributed by atoms with van der Waals surface area (Å²) >= 11 is 0. The molecule has 19 heavy (non-hydrogen) atoms. The van der Waals surface area contributed by atoms with Gasteiger partial charge in [-0.25, -0.2) is 0 Å². The summed E-state index contributed by atoms with van der Waals surface area (Å²) in [6, 6.07) is 5.44. The summed E-state index contributed by atoms with van der Waals surface area (Å²) in [5.74, 6) is 0. The third-order valence-corrected chi connectivity index (χ3v) is 3.28. The molecule has 1 unspecified atom stereocenters. The van der Waals surface area contributed by atoms with E-state index in [9.17, 15) is 9.59 Å². The van der Waals surface area contributed by atoms with Crippen LogP contribution in [0.5, 0.6) is 0 Å². The lowest BCUT2D eigenvalue weighted by molar-refractivity contribution is 0.120. The Hall–Kier alpha value is -2.08. The van der Waals surface area contributed by atoms with Crippen LogP contribution in [-0.2, 0) is 4.74 Å². The normalized spacial score (nSPS) is 18.8. The van der Waals surface area contributed by atoms with Crippen molar-refractivity contribution in [3.05, 3.63) is 38.9 Å². The van der Waals surface area contributed by atoms with Gasteiger partial charge in [-0.2, -0.15) is 0 Å². The maximum atomic E-state index is 11.3. The molecule has 2 aromatic rings. The summed E-state index contributed by atoms with van der Waals surface area (Å²) in [5.41, 5.74) is 0.858. The van der Waals surface area contributed by atoms with E-state index in [0.717, 1.165) is 31.7 Å². The van der Waals surface area contributed by atoms with E-state index >= 15 is 0 Å². The quantitative estimate of drug-likeness (QED) is 0.713. The third kappa shape index (κ3) is 2.53. The molecule has 1 aromatic carbocycles. The van der Waals surface area contributed by atoms with Crippen LogP contribution in [0, 0.1) is 0 Å². The van der Waals surface area contributed by atoms with E-state index in [2.05, 4.69) is 15.3 Å². The van der Waals surface area contributed by atoms with Gasteiger partial charge < -0.3 is 20.0 Å². The van der Waals surface area contributed by atoms with E-state index in [1.807, 2.05) is 12.1 Å². The Labute approximate surface area is 108 Å². The van der Waals surface area contributed by atoms with Crippen molar-refractivity contribution in [3.63, 3.8) is 0 Å². The van der Waals surface area contributed by atoms with E-state index in [4.69, 9.17) is 4.74 Å². The zero-order valence-corrected chi connectivity index (χ0v) is 10.4. The highest BCUT2D eigenvalue weighted by molar-refractivity contribution is 5.78. The molecule has 1 aliphatic rings. The van der Waals surface area contributed by atoms with Crippen LogP contribution in [0.1, 0.15) is 12.8 Å². The number of rotatable bonds is 3. The highest BCUT2D eigenvalue weighted by Gasteiger charge is 2.14. The minimum Gasteiger partial charge on any atom is -0.382 e. The minimum atomic E-state index is -0.635. The van der Waals surface area contributed by atoms with Crippen LogP contribution in [0.3, 0.4) is 0 Å². The second kappa shape index (κ2) is 4.89. The van der Waals surface area contributed by atoms with Gasteiger partial charge in [0.1, 0.15) is 0 Å². The van der Waals surface area contributed by atoms with Gasteiger partial charge in [0.15, 0.2) is 0 Å². The minimum absolute atomic E-state index is 0.255. The molecular formula is C13H15N3O3. The van der Waals surface area contributed by atoms with Gasteiger partial charge in [0, 0.05) is 18.8 Å². The van der Waals surface area contributed by atoms with Crippen LogP contribution in [-0.4, -0.2) is 29.2 Å². The standard InChI is InChI=1S/C13H15N3O3/c17-12-13(18)16-11-6-8(3-4-10(11)15-12)14-7-9-2-1-5-19-9/h3-4,6,9,14H,1-2,5,7H2,(H,15,17)(H,16,18). The van der Waals surface area contributed by atoms with Gasteiger partial charge >= 0.3 is 11.1 Å². The van der Waals surface area contributed by atoms with Crippen molar-refractivity contribution in [2.45, 2.75) is 18.9 Å². The molecule has 0 bridgehead atoms. The van der Waals surface area contributed by atoms with Gasteiger partial charge in [-0.05, 0) is 31.0 Å². The van der Waals surface area contributed by atoms with Gasteiger partial charge in [0.05, 0.1) is 17.1 Å². The molecule has 1 saturated heterocycles. The average Bonchev–Trinajstić information content (AvgIpc) is 2.91.